The summed E-state index contributed by atoms with van der Waals surface area (Å²) in [6.07, 6.45) is 6.01. The topological polar surface area (TPSA) is 46.5 Å². The summed E-state index contributed by atoms with van der Waals surface area (Å²) in [4.78, 5) is 11.7. The zero-order chi connectivity index (χ0) is 13.3. The molecule has 0 unspecified atom stereocenters. The van der Waals surface area contributed by atoms with Crippen molar-refractivity contribution in [3.8, 4) is 0 Å². The minimum absolute atomic E-state index is 0.0385. The van der Waals surface area contributed by atoms with Gasteiger partial charge in [0.15, 0.2) is 0 Å². The summed E-state index contributed by atoms with van der Waals surface area (Å²) in [6, 6.07) is 0. The van der Waals surface area contributed by atoms with Crippen molar-refractivity contribution < 1.29 is 14.6 Å². The van der Waals surface area contributed by atoms with Crippen LogP contribution in [0, 0.1) is 11.8 Å². The fourth-order valence-corrected chi connectivity index (χ4v) is 2.73. The van der Waals surface area contributed by atoms with Gasteiger partial charge >= 0.3 is 5.97 Å². The Kier molecular flexibility index (Phi) is 3.91. The van der Waals surface area contributed by atoms with Crippen LogP contribution in [0.2, 0.25) is 0 Å². The van der Waals surface area contributed by atoms with Crippen LogP contribution in [0.3, 0.4) is 0 Å². The first-order valence-corrected chi connectivity index (χ1v) is 6.71. The molecule has 1 fully saturated rings. The second-order valence-electron chi connectivity index (χ2n) is 5.61. The summed E-state index contributed by atoms with van der Waals surface area (Å²) >= 11 is 0. The van der Waals surface area contributed by atoms with Gasteiger partial charge in [0.25, 0.3) is 0 Å². The number of rotatable bonds is 0. The number of aliphatic hydroxyl groups excluding tert-OH is 1. The zero-order valence-corrected chi connectivity index (χ0v) is 11.3. The van der Waals surface area contributed by atoms with E-state index in [4.69, 9.17) is 4.74 Å². The molecule has 0 aromatic heterocycles. The van der Waals surface area contributed by atoms with Crippen LogP contribution in [-0.2, 0) is 9.53 Å². The van der Waals surface area contributed by atoms with Gasteiger partial charge in [0.05, 0.1) is 12.0 Å². The van der Waals surface area contributed by atoms with E-state index in [0.29, 0.717) is 6.42 Å². The number of allylic oxidation sites excluding steroid dienone is 1. The van der Waals surface area contributed by atoms with E-state index in [9.17, 15) is 9.90 Å². The molecule has 18 heavy (non-hydrogen) atoms. The Hall–Kier alpha value is -1.09. The van der Waals surface area contributed by atoms with Gasteiger partial charge in [-0.25, -0.2) is 0 Å². The second kappa shape index (κ2) is 5.27. The zero-order valence-electron chi connectivity index (χ0n) is 11.3. The Morgan fingerprint density at radius 3 is 2.83 bits per heavy atom. The van der Waals surface area contributed by atoms with E-state index in [1.165, 1.54) is 5.57 Å². The Balaban J connectivity index is 2.26. The van der Waals surface area contributed by atoms with Crippen molar-refractivity contribution in [2.24, 2.45) is 11.8 Å². The van der Waals surface area contributed by atoms with Crippen LogP contribution in [0.5, 0.6) is 0 Å². The largest absolute Gasteiger partial charge is 0.458 e. The average Bonchev–Trinajstić information content (AvgIpc) is 2.59. The summed E-state index contributed by atoms with van der Waals surface area (Å²) in [5.41, 5.74) is 2.19. The molecule has 2 aliphatic rings. The van der Waals surface area contributed by atoms with E-state index >= 15 is 0 Å². The lowest BCUT2D eigenvalue weighted by atomic mass is 9.84. The lowest BCUT2D eigenvalue weighted by Crippen LogP contribution is -2.20. The van der Waals surface area contributed by atoms with Crippen LogP contribution in [0.15, 0.2) is 23.3 Å². The molecular formula is C15H22O3. The number of hydrogen-bond acceptors (Lipinski definition) is 3. The van der Waals surface area contributed by atoms with E-state index in [0.717, 1.165) is 18.4 Å². The highest BCUT2D eigenvalue weighted by Crippen LogP contribution is 2.35. The summed E-state index contributed by atoms with van der Waals surface area (Å²) in [7, 11) is 0. The van der Waals surface area contributed by atoms with Crippen molar-refractivity contribution in [1.29, 1.82) is 0 Å². The highest BCUT2D eigenvalue weighted by atomic mass is 16.6. The predicted molar refractivity (Wildman–Crippen MR) is 69.9 cm³/mol. The molecule has 4 atom stereocenters. The maximum Gasteiger partial charge on any atom is 0.309 e. The molecule has 0 amide bonds. The summed E-state index contributed by atoms with van der Waals surface area (Å²) in [5.74, 6) is 0.0916. The minimum atomic E-state index is -0.465. The molecule has 0 spiro atoms. The molecule has 0 aromatic rings. The van der Waals surface area contributed by atoms with Gasteiger partial charge in [0.1, 0.15) is 6.10 Å². The van der Waals surface area contributed by atoms with E-state index in [2.05, 4.69) is 13.0 Å². The van der Waals surface area contributed by atoms with Gasteiger partial charge < -0.3 is 9.84 Å². The molecule has 0 bridgehead atoms. The third kappa shape index (κ3) is 2.66. The molecule has 2 rings (SSSR count). The van der Waals surface area contributed by atoms with Gasteiger partial charge in [0, 0.05) is 5.92 Å². The molecule has 1 aliphatic carbocycles. The maximum absolute atomic E-state index is 11.7. The normalized spacial score (nSPS) is 43.2. The molecule has 0 aromatic carbocycles. The quantitative estimate of drug-likeness (QED) is 0.531. The average molecular weight is 250 g/mol. The van der Waals surface area contributed by atoms with E-state index < -0.39 is 6.10 Å². The number of esters is 1. The molecule has 0 saturated carbocycles. The van der Waals surface area contributed by atoms with E-state index in [-0.39, 0.29) is 23.9 Å². The monoisotopic (exact) mass is 250 g/mol. The predicted octanol–water partition coefficient (Wildman–Crippen LogP) is 2.60. The second-order valence-corrected chi connectivity index (χ2v) is 5.61. The fourth-order valence-electron chi connectivity index (χ4n) is 2.73. The first-order chi connectivity index (χ1) is 8.49. The molecule has 1 N–H and O–H groups in total. The van der Waals surface area contributed by atoms with Crippen LogP contribution >= 0.6 is 0 Å². The third-order valence-corrected chi connectivity index (χ3v) is 4.20. The highest BCUT2D eigenvalue weighted by molar-refractivity contribution is 5.75. The standard InChI is InChI=1S/C15H22O3/c1-9-4-6-12-11(3)15(17)18-14(12)8-10(2)13(16)7-5-9/h5,8,11-14,16H,4,6-7H2,1-3H3/b9-5+,10-8-/t11-,12-,13-,14+/m0/s1. The molecule has 3 heteroatoms. The lowest BCUT2D eigenvalue weighted by molar-refractivity contribution is -0.142. The number of fused-ring (bicyclic) bond motifs is 1. The van der Waals surface area contributed by atoms with Gasteiger partial charge in [-0.05, 0) is 44.8 Å². The first kappa shape index (κ1) is 13.3. The van der Waals surface area contributed by atoms with Crippen molar-refractivity contribution in [1.82, 2.24) is 0 Å². The smallest absolute Gasteiger partial charge is 0.309 e. The first-order valence-electron chi connectivity index (χ1n) is 6.71. The number of ether oxygens (including phenoxy) is 1. The minimum Gasteiger partial charge on any atom is -0.458 e. The van der Waals surface area contributed by atoms with Crippen LogP contribution in [0.4, 0.5) is 0 Å². The van der Waals surface area contributed by atoms with Crippen LogP contribution < -0.4 is 0 Å². The number of carbonyl (C=O) groups excluding carboxylic acids is 1. The summed E-state index contributed by atoms with van der Waals surface area (Å²) < 4.78 is 5.42. The van der Waals surface area contributed by atoms with Gasteiger partial charge in [-0.2, -0.15) is 0 Å². The maximum atomic E-state index is 11.7. The molecule has 1 saturated heterocycles. The Labute approximate surface area is 109 Å². The van der Waals surface area contributed by atoms with Crippen molar-refractivity contribution >= 4 is 5.97 Å². The lowest BCUT2D eigenvalue weighted by Gasteiger charge is -2.20. The van der Waals surface area contributed by atoms with E-state index in [1.54, 1.807) is 0 Å². The van der Waals surface area contributed by atoms with Gasteiger partial charge in [-0.15, -0.1) is 0 Å². The molecule has 3 nitrogen and oxygen atoms in total. The van der Waals surface area contributed by atoms with Crippen LogP contribution in [-0.4, -0.2) is 23.3 Å². The van der Waals surface area contributed by atoms with E-state index in [1.807, 2.05) is 19.9 Å². The SMILES string of the molecule is C/C1=C/[C@H]2OC(=O)[C@@H](C)[C@@H]2CC/C(C)=C/C[C@@H]1O. The third-order valence-electron chi connectivity index (χ3n) is 4.20. The fraction of sp³-hybridized carbons (Fsp3) is 0.667. The van der Waals surface area contributed by atoms with Gasteiger partial charge in [-0.1, -0.05) is 18.6 Å². The molecule has 0 radical (unpaired) electrons. The van der Waals surface area contributed by atoms with Crippen molar-refractivity contribution in [2.75, 3.05) is 0 Å². The van der Waals surface area contributed by atoms with Crippen molar-refractivity contribution in [3.05, 3.63) is 23.3 Å². The Morgan fingerprint density at radius 1 is 1.39 bits per heavy atom. The number of aliphatic hydroxyl groups is 1. The van der Waals surface area contributed by atoms with Crippen molar-refractivity contribution in [2.45, 2.75) is 52.2 Å². The number of hydrogen-bond donors (Lipinski definition) is 1. The highest BCUT2D eigenvalue weighted by Gasteiger charge is 2.40. The van der Waals surface area contributed by atoms with Crippen LogP contribution in [0.1, 0.15) is 40.0 Å². The van der Waals surface area contributed by atoms with Gasteiger partial charge in [0.2, 0.25) is 0 Å². The molecular weight excluding hydrogens is 228 g/mol. The number of carbonyl (C=O) groups is 1. The molecule has 1 aliphatic heterocycles. The van der Waals surface area contributed by atoms with Crippen LogP contribution in [0.25, 0.3) is 0 Å². The summed E-state index contributed by atoms with van der Waals surface area (Å²) in [6.45, 7) is 5.94. The van der Waals surface area contributed by atoms with Crippen molar-refractivity contribution in [3.63, 3.8) is 0 Å². The Morgan fingerprint density at radius 2 is 2.11 bits per heavy atom. The summed E-state index contributed by atoms with van der Waals surface area (Å²) in [5, 5.41) is 10.0. The molecule has 1 heterocycles. The Bertz CT molecular complexity index is 395. The van der Waals surface area contributed by atoms with Gasteiger partial charge in [-0.3, -0.25) is 4.79 Å². The molecule has 100 valence electrons.